The summed E-state index contributed by atoms with van der Waals surface area (Å²) in [5, 5.41) is 15.7. The number of morpholine rings is 1. The Morgan fingerprint density at radius 2 is 1.81 bits per heavy atom. The van der Waals surface area contributed by atoms with Gasteiger partial charge < -0.3 is 20.1 Å². The Morgan fingerprint density at radius 1 is 1.13 bits per heavy atom. The van der Waals surface area contributed by atoms with Gasteiger partial charge in [-0.25, -0.2) is 4.79 Å². The second-order valence-electron chi connectivity index (χ2n) is 7.83. The van der Waals surface area contributed by atoms with E-state index >= 15 is 0 Å². The lowest BCUT2D eigenvalue weighted by molar-refractivity contribution is 0.0335. The number of hydrazone groups is 1. The fourth-order valence-corrected chi connectivity index (χ4v) is 4.32. The number of nitrogens with two attached hydrogens (primary N) is 1. The van der Waals surface area contributed by atoms with Gasteiger partial charge in [0.1, 0.15) is 11.3 Å². The smallest absolute Gasteiger partial charge is 0.343 e. The minimum Gasteiger partial charge on any atom is -0.507 e. The lowest BCUT2D eigenvalue weighted by atomic mass is 9.78. The van der Waals surface area contributed by atoms with E-state index in [2.05, 4.69) is 10.0 Å². The number of benzene rings is 2. The molecule has 7 nitrogen and oxygen atoms in total. The number of ether oxygens (including phenoxy) is 1. The first kappa shape index (κ1) is 21.1. The summed E-state index contributed by atoms with van der Waals surface area (Å²) in [6, 6.07) is 16.7. The molecule has 0 radical (unpaired) electrons. The Balaban J connectivity index is 1.90. The highest BCUT2D eigenvalue weighted by Crippen LogP contribution is 2.39. The topological polar surface area (TPSA) is 101 Å². The van der Waals surface area contributed by atoms with Crippen LogP contribution in [-0.2, 0) is 4.74 Å². The summed E-state index contributed by atoms with van der Waals surface area (Å²) in [7, 11) is 0. The molecule has 0 bridgehead atoms. The number of rotatable bonds is 6. The van der Waals surface area contributed by atoms with Crippen LogP contribution in [0.5, 0.6) is 5.75 Å². The second-order valence-corrected chi connectivity index (χ2v) is 7.83. The van der Waals surface area contributed by atoms with Crippen LogP contribution < -0.4 is 11.5 Å². The maximum Gasteiger partial charge on any atom is 0.343 e. The quantitative estimate of drug-likeness (QED) is 0.275. The number of hydrogen-bond donors (Lipinski definition) is 2. The van der Waals surface area contributed by atoms with Crippen molar-refractivity contribution in [2.45, 2.75) is 12.8 Å². The van der Waals surface area contributed by atoms with Crippen molar-refractivity contribution in [2.24, 2.45) is 16.9 Å². The number of nitrogens with zero attached hydrogens (tertiary/aromatic N) is 2. The van der Waals surface area contributed by atoms with Gasteiger partial charge in [0, 0.05) is 37.2 Å². The third-order valence-electron chi connectivity index (χ3n) is 5.99. The molecule has 31 heavy (non-hydrogen) atoms. The molecule has 2 unspecified atom stereocenters. The van der Waals surface area contributed by atoms with Gasteiger partial charge in [0.15, 0.2) is 0 Å². The SMILES string of the molecule is C/C(=N/N)C(CN1CCOCC1)C(c1ccccc1)c1c(O)c2ccccc2oc1=O. The molecule has 2 heterocycles. The van der Waals surface area contributed by atoms with Crippen LogP contribution in [0.1, 0.15) is 24.0 Å². The third kappa shape index (κ3) is 4.33. The average Bonchev–Trinajstić information content (AvgIpc) is 2.81. The largest absolute Gasteiger partial charge is 0.507 e. The summed E-state index contributed by atoms with van der Waals surface area (Å²) in [4.78, 5) is 15.4. The summed E-state index contributed by atoms with van der Waals surface area (Å²) in [6.45, 7) is 5.38. The molecule has 1 aliphatic heterocycles. The Kier molecular flexibility index (Phi) is 6.34. The summed E-state index contributed by atoms with van der Waals surface area (Å²) in [6.07, 6.45) is 0. The summed E-state index contributed by atoms with van der Waals surface area (Å²) < 4.78 is 11.1. The molecule has 0 spiro atoms. The van der Waals surface area contributed by atoms with Crippen molar-refractivity contribution < 1.29 is 14.3 Å². The first-order valence-electron chi connectivity index (χ1n) is 10.4. The van der Waals surface area contributed by atoms with Crippen molar-refractivity contribution in [3.8, 4) is 5.75 Å². The standard InChI is InChI=1S/C24H27N3O4/c1-16(26-25)19(15-27-11-13-30-14-12-27)21(17-7-3-2-4-8-17)22-23(28)18-9-5-6-10-20(18)31-24(22)29/h2-10,19,21,28H,11-15,25H2,1H3/b26-16-. The van der Waals surface area contributed by atoms with E-state index in [9.17, 15) is 9.90 Å². The molecule has 0 aliphatic carbocycles. The Labute approximate surface area is 180 Å². The molecule has 1 fully saturated rings. The maximum absolute atomic E-state index is 13.1. The monoisotopic (exact) mass is 421 g/mol. The zero-order valence-electron chi connectivity index (χ0n) is 17.5. The lowest BCUT2D eigenvalue weighted by Gasteiger charge is -2.34. The molecule has 0 amide bonds. The third-order valence-corrected chi connectivity index (χ3v) is 5.99. The molecule has 2 atom stereocenters. The van der Waals surface area contributed by atoms with Gasteiger partial charge in [-0.2, -0.15) is 5.10 Å². The van der Waals surface area contributed by atoms with Crippen LogP contribution in [0.15, 0.2) is 68.9 Å². The van der Waals surface area contributed by atoms with Gasteiger partial charge in [-0.3, -0.25) is 4.90 Å². The Morgan fingerprint density at radius 3 is 2.52 bits per heavy atom. The van der Waals surface area contributed by atoms with E-state index in [0.717, 1.165) is 18.7 Å². The van der Waals surface area contributed by atoms with Crippen molar-refractivity contribution in [1.82, 2.24) is 4.90 Å². The molecule has 1 saturated heterocycles. The molecule has 3 aromatic rings. The molecule has 2 aromatic carbocycles. The number of para-hydroxylation sites is 1. The molecular formula is C24H27N3O4. The first-order chi connectivity index (χ1) is 15.1. The minimum atomic E-state index is -0.554. The van der Waals surface area contributed by atoms with Crippen molar-refractivity contribution in [1.29, 1.82) is 0 Å². The lowest BCUT2D eigenvalue weighted by Crippen LogP contribution is -2.43. The normalized spacial score (nSPS) is 17.5. The highest BCUT2D eigenvalue weighted by molar-refractivity contribution is 5.88. The molecular weight excluding hydrogens is 394 g/mol. The second kappa shape index (κ2) is 9.32. The minimum absolute atomic E-state index is 0.0579. The summed E-state index contributed by atoms with van der Waals surface area (Å²) >= 11 is 0. The highest BCUT2D eigenvalue weighted by atomic mass is 16.5. The van der Waals surface area contributed by atoms with Gasteiger partial charge in [0.25, 0.3) is 0 Å². The first-order valence-corrected chi connectivity index (χ1v) is 10.4. The molecule has 162 valence electrons. The Hall–Kier alpha value is -3.16. The number of hydrogen-bond acceptors (Lipinski definition) is 7. The van der Waals surface area contributed by atoms with Crippen molar-refractivity contribution in [3.05, 3.63) is 76.1 Å². The van der Waals surface area contributed by atoms with Crippen molar-refractivity contribution in [3.63, 3.8) is 0 Å². The van der Waals surface area contributed by atoms with Crippen molar-refractivity contribution in [2.75, 3.05) is 32.8 Å². The molecule has 3 N–H and O–H groups in total. The van der Waals surface area contributed by atoms with Crippen LogP contribution in [0.2, 0.25) is 0 Å². The van der Waals surface area contributed by atoms with Gasteiger partial charge in [-0.05, 0) is 24.6 Å². The van der Waals surface area contributed by atoms with Gasteiger partial charge >= 0.3 is 5.63 Å². The fourth-order valence-electron chi connectivity index (χ4n) is 4.32. The molecule has 4 rings (SSSR count). The zero-order chi connectivity index (χ0) is 21.8. The number of fused-ring (bicyclic) bond motifs is 1. The zero-order valence-corrected chi connectivity index (χ0v) is 17.5. The number of aromatic hydroxyl groups is 1. The molecule has 1 aliphatic rings. The van der Waals surface area contributed by atoms with Gasteiger partial charge in [-0.15, -0.1) is 0 Å². The van der Waals surface area contributed by atoms with E-state index in [0.29, 0.717) is 36.4 Å². The predicted octanol–water partition coefficient (Wildman–Crippen LogP) is 2.91. The van der Waals surface area contributed by atoms with Gasteiger partial charge in [0.05, 0.1) is 24.2 Å². The van der Waals surface area contributed by atoms with Crippen LogP contribution in [-0.4, -0.2) is 48.6 Å². The molecule has 1 aromatic heterocycles. The van der Waals surface area contributed by atoms with Crippen LogP contribution in [0.25, 0.3) is 11.0 Å². The van der Waals surface area contributed by atoms with E-state index in [1.807, 2.05) is 37.3 Å². The van der Waals surface area contributed by atoms with Crippen LogP contribution >= 0.6 is 0 Å². The summed E-state index contributed by atoms with van der Waals surface area (Å²) in [5.74, 6) is 4.95. The molecule has 7 heteroatoms. The summed E-state index contributed by atoms with van der Waals surface area (Å²) in [5.41, 5.74) is 1.62. The predicted molar refractivity (Wildman–Crippen MR) is 120 cm³/mol. The van der Waals surface area contributed by atoms with E-state index in [1.165, 1.54) is 0 Å². The van der Waals surface area contributed by atoms with E-state index in [-0.39, 0.29) is 17.2 Å². The Bertz CT molecular complexity index is 1120. The van der Waals surface area contributed by atoms with Crippen LogP contribution in [0, 0.1) is 5.92 Å². The fraction of sp³-hybridized carbons (Fsp3) is 0.333. The highest BCUT2D eigenvalue weighted by Gasteiger charge is 2.34. The van der Waals surface area contributed by atoms with E-state index < -0.39 is 11.5 Å². The molecule has 0 saturated carbocycles. The van der Waals surface area contributed by atoms with Crippen molar-refractivity contribution >= 4 is 16.7 Å². The van der Waals surface area contributed by atoms with E-state index in [1.54, 1.807) is 24.3 Å². The van der Waals surface area contributed by atoms with E-state index in [4.69, 9.17) is 15.0 Å². The van der Waals surface area contributed by atoms with Crippen LogP contribution in [0.3, 0.4) is 0 Å². The van der Waals surface area contributed by atoms with Crippen LogP contribution in [0.4, 0.5) is 0 Å². The maximum atomic E-state index is 13.1. The van der Waals surface area contributed by atoms with Gasteiger partial charge in [-0.1, -0.05) is 42.5 Å². The van der Waals surface area contributed by atoms with Gasteiger partial charge in [0.2, 0.25) is 0 Å². The average molecular weight is 421 g/mol.